The molecule has 1 unspecified atom stereocenters. The Morgan fingerprint density at radius 2 is 1.19 bits per heavy atom. The zero-order valence-corrected chi connectivity index (χ0v) is 20.6. The summed E-state index contributed by atoms with van der Waals surface area (Å²) in [6, 6.07) is 26.2. The minimum atomic E-state index is -4.05. The fourth-order valence-electron chi connectivity index (χ4n) is 4.05. The van der Waals surface area contributed by atoms with Crippen molar-refractivity contribution >= 4 is 16.8 Å². The normalized spacial score (nSPS) is 12.6. The number of rotatable bonds is 11. The van der Waals surface area contributed by atoms with Gasteiger partial charge in [0.15, 0.2) is 0 Å². The van der Waals surface area contributed by atoms with E-state index in [1.165, 1.54) is 25.7 Å². The second-order valence-electron chi connectivity index (χ2n) is 8.11. The van der Waals surface area contributed by atoms with Crippen molar-refractivity contribution in [3.8, 4) is 22.3 Å². The summed E-state index contributed by atoms with van der Waals surface area (Å²) in [5.74, 6) is 0.586. The molecule has 0 amide bonds. The molecule has 0 bridgehead atoms. The summed E-state index contributed by atoms with van der Waals surface area (Å²) < 4.78 is 0. The number of hydrogen-bond acceptors (Lipinski definition) is 0. The molecule has 0 fully saturated rings. The number of hydrogen-bond donors (Lipinski definition) is 3. The van der Waals surface area contributed by atoms with Crippen LogP contribution < -0.4 is 0 Å². The van der Waals surface area contributed by atoms with E-state index in [-0.39, 0.29) is 0 Å². The van der Waals surface area contributed by atoms with Crippen LogP contribution in [0.2, 0.25) is 0 Å². The average molecular weight is 471 g/mol. The van der Waals surface area contributed by atoms with E-state index in [1.54, 1.807) is 0 Å². The van der Waals surface area contributed by atoms with Gasteiger partial charge in [0.05, 0.1) is 0 Å². The third-order valence-corrected chi connectivity index (χ3v) is 10.7. The first-order valence-electron chi connectivity index (χ1n) is 11.5. The van der Waals surface area contributed by atoms with Gasteiger partial charge in [-0.15, -0.1) is 0 Å². The van der Waals surface area contributed by atoms with E-state index in [4.69, 9.17) is 0 Å². The van der Waals surface area contributed by atoms with Gasteiger partial charge >= 0.3 is 0 Å². The first-order chi connectivity index (χ1) is 15.5. The van der Waals surface area contributed by atoms with Gasteiger partial charge in [-0.25, -0.2) is 0 Å². The van der Waals surface area contributed by atoms with Crippen molar-refractivity contribution in [2.75, 3.05) is 5.75 Å². The summed E-state index contributed by atoms with van der Waals surface area (Å²) >= 11 is 0. The first kappa shape index (κ1) is 25.0. The van der Waals surface area contributed by atoms with Gasteiger partial charge in [-0.05, 0) is 34.9 Å². The van der Waals surface area contributed by atoms with E-state index >= 15 is 0 Å². The Morgan fingerprint density at radius 3 is 1.78 bits per heavy atom. The zero-order valence-electron chi connectivity index (χ0n) is 18.9. The van der Waals surface area contributed by atoms with Crippen molar-refractivity contribution in [3.63, 3.8) is 0 Å². The van der Waals surface area contributed by atoms with E-state index in [2.05, 4.69) is 25.1 Å². The maximum absolute atomic E-state index is 10.5. The van der Waals surface area contributed by atoms with Gasteiger partial charge in [0.1, 0.15) is 0 Å². The first-order valence-corrected chi connectivity index (χ1v) is 15.2. The molecule has 3 aromatic rings. The lowest BCUT2D eigenvalue weighted by Gasteiger charge is -2.21. The third kappa shape index (κ3) is 6.91. The summed E-state index contributed by atoms with van der Waals surface area (Å²) in [4.78, 5) is 32.3. The molecule has 3 rings (SSSR count). The molecule has 0 saturated carbocycles. The van der Waals surface area contributed by atoms with Crippen LogP contribution in [-0.4, -0.2) is 20.4 Å². The smallest absolute Gasteiger partial charge is 0.281 e. The molecule has 172 valence electrons. The molecular formula is C27H35O3PS. The molecule has 1 atom stereocenters. The molecule has 0 aliphatic carbocycles. The Bertz CT molecular complexity index is 1020. The summed E-state index contributed by atoms with van der Waals surface area (Å²) in [6.45, 7) is -1.83. The van der Waals surface area contributed by atoms with Crippen LogP contribution in [0.25, 0.3) is 22.3 Å². The molecule has 0 spiro atoms. The maximum Gasteiger partial charge on any atom is 0.281 e. The molecule has 0 aromatic heterocycles. The van der Waals surface area contributed by atoms with Crippen LogP contribution in [0.15, 0.2) is 83.8 Å². The Balaban J connectivity index is 1.99. The SMILES string of the molecule is CCCCCCCCCS(c1cccc(-c2ccccc2)c1-c1ccccc1)=P(O)(O)O. The van der Waals surface area contributed by atoms with Crippen molar-refractivity contribution in [3.05, 3.63) is 78.9 Å². The Morgan fingerprint density at radius 1 is 0.625 bits per heavy atom. The van der Waals surface area contributed by atoms with Crippen molar-refractivity contribution in [1.82, 2.24) is 0 Å². The predicted octanol–water partition coefficient (Wildman–Crippen LogP) is 7.40. The topological polar surface area (TPSA) is 60.7 Å². The summed E-state index contributed by atoms with van der Waals surface area (Å²) in [7, 11) is -1.03. The standard InChI is InChI=1S/C27H35O3PS/c1-2-3-4-5-6-7-14-22-32(31(28,29)30)26-21-15-20-25(23-16-10-8-11-17-23)27(26)24-18-12-9-13-19-24/h8-13,15-21,28-30H,2-7,14,22H2,1H3. The number of unbranched alkanes of at least 4 members (excludes halogenated alkanes) is 6. The molecule has 0 saturated heterocycles. The van der Waals surface area contributed by atoms with E-state index in [0.717, 1.165) is 46.4 Å². The van der Waals surface area contributed by atoms with E-state index in [0.29, 0.717) is 5.75 Å². The lowest BCUT2D eigenvalue weighted by Crippen LogP contribution is -2.05. The quantitative estimate of drug-likeness (QED) is 0.202. The van der Waals surface area contributed by atoms with Gasteiger partial charge in [0, 0.05) is 10.5 Å². The molecule has 0 aliphatic rings. The molecular weight excluding hydrogens is 435 g/mol. The lowest BCUT2D eigenvalue weighted by molar-refractivity contribution is 0.362. The second kappa shape index (κ2) is 12.5. The zero-order chi connectivity index (χ0) is 22.8. The molecule has 0 radical (unpaired) electrons. The van der Waals surface area contributed by atoms with Crippen LogP contribution in [-0.2, 0) is 10.1 Å². The molecule has 5 heteroatoms. The van der Waals surface area contributed by atoms with Crippen molar-refractivity contribution < 1.29 is 14.7 Å². The van der Waals surface area contributed by atoms with E-state index in [9.17, 15) is 14.7 Å². The third-order valence-electron chi connectivity index (χ3n) is 5.66. The largest absolute Gasteiger partial charge is 0.328 e. The molecule has 3 aromatic carbocycles. The number of benzene rings is 3. The lowest BCUT2D eigenvalue weighted by atomic mass is 9.94. The summed E-state index contributed by atoms with van der Waals surface area (Å²) in [5, 5.41) is 0. The van der Waals surface area contributed by atoms with Crippen LogP contribution in [0.5, 0.6) is 0 Å². The van der Waals surface area contributed by atoms with Crippen molar-refractivity contribution in [2.45, 2.75) is 56.8 Å². The van der Waals surface area contributed by atoms with Gasteiger partial charge in [0.25, 0.3) is 6.72 Å². The Hall–Kier alpha value is -1.68. The van der Waals surface area contributed by atoms with Gasteiger partial charge in [-0.2, -0.15) is 0 Å². The highest BCUT2D eigenvalue weighted by Crippen LogP contribution is 2.45. The van der Waals surface area contributed by atoms with Crippen LogP contribution in [0.1, 0.15) is 51.9 Å². The highest BCUT2D eigenvalue weighted by molar-refractivity contribution is 8.27. The monoisotopic (exact) mass is 470 g/mol. The van der Waals surface area contributed by atoms with Crippen molar-refractivity contribution in [2.24, 2.45) is 0 Å². The molecule has 0 aliphatic heterocycles. The second-order valence-corrected chi connectivity index (χ2v) is 13.5. The summed E-state index contributed by atoms with van der Waals surface area (Å²) in [5.41, 5.74) is 4.12. The molecule has 3 nitrogen and oxygen atoms in total. The molecule has 32 heavy (non-hydrogen) atoms. The highest BCUT2D eigenvalue weighted by Gasteiger charge is 2.21. The van der Waals surface area contributed by atoms with Gasteiger partial charge < -0.3 is 14.7 Å². The van der Waals surface area contributed by atoms with Crippen LogP contribution in [0.3, 0.4) is 0 Å². The van der Waals surface area contributed by atoms with Crippen LogP contribution in [0, 0.1) is 0 Å². The van der Waals surface area contributed by atoms with Crippen LogP contribution >= 0.6 is 6.72 Å². The highest BCUT2D eigenvalue weighted by atomic mass is 32.5. The van der Waals surface area contributed by atoms with Crippen molar-refractivity contribution in [1.29, 1.82) is 0 Å². The molecule has 0 heterocycles. The van der Waals surface area contributed by atoms with Gasteiger partial charge in [-0.3, -0.25) is 0 Å². The average Bonchev–Trinajstić information content (AvgIpc) is 2.81. The maximum atomic E-state index is 10.5. The van der Waals surface area contributed by atoms with Gasteiger partial charge in [0.2, 0.25) is 0 Å². The summed E-state index contributed by atoms with van der Waals surface area (Å²) in [6.07, 6.45) is 8.06. The van der Waals surface area contributed by atoms with Gasteiger partial charge in [-0.1, -0.05) is 128 Å². The fraction of sp³-hybridized carbons (Fsp3) is 0.333. The van der Waals surface area contributed by atoms with E-state index in [1.807, 2.05) is 60.7 Å². The fourth-order valence-corrected chi connectivity index (χ4v) is 8.32. The predicted molar refractivity (Wildman–Crippen MR) is 139 cm³/mol. The Kier molecular flexibility index (Phi) is 9.77. The minimum Gasteiger partial charge on any atom is -0.328 e. The Labute approximate surface area is 195 Å². The van der Waals surface area contributed by atoms with Crippen LogP contribution in [0.4, 0.5) is 0 Å². The van der Waals surface area contributed by atoms with E-state index < -0.39 is 16.8 Å². The molecule has 3 N–H and O–H groups in total. The minimum absolute atomic E-state index is 0.586.